The minimum atomic E-state index is 0.868. The Labute approximate surface area is 142 Å². The monoisotopic (exact) mass is 310 g/mol. The number of hydrogen-bond acceptors (Lipinski definition) is 0. The van der Waals surface area contributed by atoms with Crippen LogP contribution in [0.1, 0.15) is 113 Å². The van der Waals surface area contributed by atoms with E-state index in [1.165, 1.54) is 64.2 Å². The van der Waals surface area contributed by atoms with Crippen LogP contribution in [0.4, 0.5) is 0 Å². The Hall–Kier alpha value is 0. The number of unbranched alkanes of at least 4 members (excludes halogenated alkanes) is 1. The van der Waals surface area contributed by atoms with E-state index in [9.17, 15) is 0 Å². The summed E-state index contributed by atoms with van der Waals surface area (Å²) in [5.41, 5.74) is 0. The highest BCUT2D eigenvalue weighted by molar-refractivity contribution is 4.69. The molecule has 0 nitrogen and oxygen atoms in total. The van der Waals surface area contributed by atoms with Gasteiger partial charge in [0.25, 0.3) is 0 Å². The summed E-state index contributed by atoms with van der Waals surface area (Å²) in [7, 11) is 0. The van der Waals surface area contributed by atoms with Gasteiger partial charge in [-0.15, -0.1) is 0 Å². The van der Waals surface area contributed by atoms with Crippen LogP contribution in [0.15, 0.2) is 0 Å². The van der Waals surface area contributed by atoms with Crippen LogP contribution in [0.2, 0.25) is 0 Å². The third-order valence-electron chi connectivity index (χ3n) is 5.52. The first-order valence-corrected chi connectivity index (χ1v) is 10.4. The first-order valence-electron chi connectivity index (χ1n) is 10.4. The Morgan fingerprint density at radius 1 is 0.591 bits per heavy atom. The first-order chi connectivity index (χ1) is 10.4. The molecule has 134 valence electrons. The molecule has 0 heteroatoms. The minimum Gasteiger partial charge on any atom is -0.0654 e. The van der Waals surface area contributed by atoms with E-state index in [2.05, 4.69) is 48.5 Å². The summed E-state index contributed by atoms with van der Waals surface area (Å²) in [6.07, 6.45) is 14.3. The van der Waals surface area contributed by atoms with Crippen molar-refractivity contribution < 1.29 is 0 Å². The van der Waals surface area contributed by atoms with E-state index in [4.69, 9.17) is 0 Å². The minimum absolute atomic E-state index is 0.868. The number of rotatable bonds is 14. The van der Waals surface area contributed by atoms with Crippen LogP contribution in [0.3, 0.4) is 0 Å². The lowest BCUT2D eigenvalue weighted by molar-refractivity contribution is 0.270. The van der Waals surface area contributed by atoms with Crippen LogP contribution in [0.25, 0.3) is 0 Å². The highest BCUT2D eigenvalue weighted by atomic mass is 14.2. The molecule has 0 heterocycles. The molecule has 0 aromatic heterocycles. The largest absolute Gasteiger partial charge is 0.0654 e. The zero-order chi connectivity index (χ0) is 17.0. The second-order valence-corrected chi connectivity index (χ2v) is 8.75. The first kappa shape index (κ1) is 22.0. The van der Waals surface area contributed by atoms with Crippen molar-refractivity contribution in [3.8, 4) is 0 Å². The van der Waals surface area contributed by atoms with Gasteiger partial charge >= 0.3 is 0 Å². The molecule has 0 radical (unpaired) electrons. The van der Waals surface area contributed by atoms with Gasteiger partial charge < -0.3 is 0 Å². The predicted octanol–water partition coefficient (Wildman–Crippen LogP) is 8.11. The van der Waals surface area contributed by atoms with Gasteiger partial charge in [-0.2, -0.15) is 0 Å². The average Bonchev–Trinajstić information content (AvgIpc) is 2.48. The maximum atomic E-state index is 2.49. The van der Waals surface area contributed by atoms with Crippen LogP contribution >= 0.6 is 0 Å². The Bertz CT molecular complexity index is 230. The van der Waals surface area contributed by atoms with E-state index in [1.54, 1.807) is 0 Å². The Morgan fingerprint density at radius 3 is 1.73 bits per heavy atom. The fraction of sp³-hybridized carbons (Fsp3) is 1.00. The van der Waals surface area contributed by atoms with Crippen LogP contribution in [-0.4, -0.2) is 0 Å². The van der Waals surface area contributed by atoms with Crippen LogP contribution in [0, 0.1) is 29.6 Å². The zero-order valence-electron chi connectivity index (χ0n) is 17.0. The molecule has 4 unspecified atom stereocenters. The maximum absolute atomic E-state index is 2.49. The van der Waals surface area contributed by atoms with Gasteiger partial charge in [0, 0.05) is 0 Å². The molecular formula is C22H46. The molecule has 22 heavy (non-hydrogen) atoms. The summed E-state index contributed by atoms with van der Waals surface area (Å²) in [6.45, 7) is 16.8. The summed E-state index contributed by atoms with van der Waals surface area (Å²) in [4.78, 5) is 0. The van der Waals surface area contributed by atoms with E-state index in [0.29, 0.717) is 0 Å². The van der Waals surface area contributed by atoms with Gasteiger partial charge in [0.05, 0.1) is 0 Å². The molecule has 0 fully saturated rings. The van der Waals surface area contributed by atoms with Crippen molar-refractivity contribution in [2.45, 2.75) is 113 Å². The van der Waals surface area contributed by atoms with Crippen molar-refractivity contribution >= 4 is 0 Å². The van der Waals surface area contributed by atoms with E-state index in [-0.39, 0.29) is 0 Å². The standard InChI is InChI=1S/C22H46/c1-8-10-11-21(7)17-22(16-19(5)9-2)15-14-20(6)13-12-18(3)4/h18-22H,8-17H2,1-7H3. The third kappa shape index (κ3) is 12.5. The second kappa shape index (κ2) is 13.4. The molecule has 4 atom stereocenters. The normalized spacial score (nSPS) is 17.5. The molecule has 0 aromatic rings. The van der Waals surface area contributed by atoms with Gasteiger partial charge in [-0.05, 0) is 42.4 Å². The van der Waals surface area contributed by atoms with Gasteiger partial charge in [-0.3, -0.25) is 0 Å². The van der Waals surface area contributed by atoms with Crippen LogP contribution in [-0.2, 0) is 0 Å². The Morgan fingerprint density at radius 2 is 1.18 bits per heavy atom. The van der Waals surface area contributed by atoms with Gasteiger partial charge in [0.2, 0.25) is 0 Å². The second-order valence-electron chi connectivity index (χ2n) is 8.75. The molecule has 0 spiro atoms. The lowest BCUT2D eigenvalue weighted by Crippen LogP contribution is -2.12. The Balaban J connectivity index is 4.22. The van der Waals surface area contributed by atoms with E-state index < -0.39 is 0 Å². The zero-order valence-corrected chi connectivity index (χ0v) is 17.0. The third-order valence-corrected chi connectivity index (χ3v) is 5.52. The van der Waals surface area contributed by atoms with Gasteiger partial charge in [0.15, 0.2) is 0 Å². The smallest absolute Gasteiger partial charge is 0.0409 e. The summed E-state index contributed by atoms with van der Waals surface area (Å²) in [5, 5.41) is 0. The average molecular weight is 311 g/mol. The topological polar surface area (TPSA) is 0 Å². The molecule has 0 amide bonds. The maximum Gasteiger partial charge on any atom is -0.0409 e. The molecule has 0 N–H and O–H groups in total. The van der Waals surface area contributed by atoms with Crippen molar-refractivity contribution in [3.05, 3.63) is 0 Å². The van der Waals surface area contributed by atoms with E-state index in [1.807, 2.05) is 0 Å². The molecule has 0 aromatic carbocycles. The van der Waals surface area contributed by atoms with Crippen molar-refractivity contribution in [2.75, 3.05) is 0 Å². The molecule has 0 aliphatic heterocycles. The fourth-order valence-corrected chi connectivity index (χ4v) is 3.59. The van der Waals surface area contributed by atoms with Crippen molar-refractivity contribution in [1.29, 1.82) is 0 Å². The lowest BCUT2D eigenvalue weighted by Gasteiger charge is -2.25. The van der Waals surface area contributed by atoms with Crippen LogP contribution in [0.5, 0.6) is 0 Å². The predicted molar refractivity (Wildman–Crippen MR) is 103 cm³/mol. The van der Waals surface area contributed by atoms with E-state index >= 15 is 0 Å². The number of hydrogen-bond donors (Lipinski definition) is 0. The molecule has 0 aliphatic carbocycles. The summed E-state index contributed by atoms with van der Waals surface area (Å²) in [5.74, 6) is 4.61. The summed E-state index contributed by atoms with van der Waals surface area (Å²) in [6, 6.07) is 0. The highest BCUT2D eigenvalue weighted by Gasteiger charge is 2.17. The van der Waals surface area contributed by atoms with E-state index in [0.717, 1.165) is 29.6 Å². The van der Waals surface area contributed by atoms with Gasteiger partial charge in [-0.1, -0.05) is 99.8 Å². The molecule has 0 bridgehead atoms. The van der Waals surface area contributed by atoms with Gasteiger partial charge in [-0.25, -0.2) is 0 Å². The SMILES string of the molecule is CCCCC(C)CC(CCC(C)CCC(C)C)CC(C)CC. The quantitative estimate of drug-likeness (QED) is 0.304. The molecule has 0 aliphatic rings. The van der Waals surface area contributed by atoms with Gasteiger partial charge in [0.1, 0.15) is 0 Å². The van der Waals surface area contributed by atoms with Crippen molar-refractivity contribution in [2.24, 2.45) is 29.6 Å². The van der Waals surface area contributed by atoms with Crippen LogP contribution < -0.4 is 0 Å². The highest BCUT2D eigenvalue weighted by Crippen LogP contribution is 2.30. The summed E-state index contributed by atoms with van der Waals surface area (Å²) < 4.78 is 0. The lowest BCUT2D eigenvalue weighted by atomic mass is 9.81. The Kier molecular flexibility index (Phi) is 13.4. The molecular weight excluding hydrogens is 264 g/mol. The molecule has 0 rings (SSSR count). The van der Waals surface area contributed by atoms with Crippen molar-refractivity contribution in [3.63, 3.8) is 0 Å². The fourth-order valence-electron chi connectivity index (χ4n) is 3.59. The van der Waals surface area contributed by atoms with Crippen molar-refractivity contribution in [1.82, 2.24) is 0 Å². The molecule has 0 saturated heterocycles. The molecule has 0 saturated carbocycles. The summed E-state index contributed by atoms with van der Waals surface area (Å²) >= 11 is 0.